The first-order valence-electron chi connectivity index (χ1n) is 5.74. The van der Waals surface area contributed by atoms with Crippen molar-refractivity contribution < 1.29 is 4.74 Å². The van der Waals surface area contributed by atoms with Crippen molar-refractivity contribution in [1.29, 1.82) is 0 Å². The van der Waals surface area contributed by atoms with Crippen LogP contribution in [0.15, 0.2) is 36.5 Å². The highest BCUT2D eigenvalue weighted by Gasteiger charge is 2.07. The van der Waals surface area contributed by atoms with Gasteiger partial charge in [-0.3, -0.25) is 0 Å². The molecule has 1 aromatic carbocycles. The molecular weight excluding hydrogens is 226 g/mol. The van der Waals surface area contributed by atoms with Gasteiger partial charge in [-0.2, -0.15) is 0 Å². The molecule has 0 amide bonds. The number of benzene rings is 1. The summed E-state index contributed by atoms with van der Waals surface area (Å²) in [4.78, 5) is 6.20. The molecule has 1 aromatic heterocycles. The third-order valence-electron chi connectivity index (χ3n) is 2.68. The molecule has 0 unspecified atom stereocenters. The summed E-state index contributed by atoms with van der Waals surface area (Å²) in [5.41, 5.74) is 8.53. The monoisotopic (exact) mass is 243 g/mol. The second-order valence-corrected chi connectivity index (χ2v) is 4.34. The van der Waals surface area contributed by atoms with Gasteiger partial charge in [0, 0.05) is 37.6 Å². The zero-order valence-electron chi connectivity index (χ0n) is 10.8. The van der Waals surface area contributed by atoms with Crippen LogP contribution in [0.4, 0.5) is 11.4 Å². The molecule has 0 spiro atoms. The van der Waals surface area contributed by atoms with Gasteiger partial charge in [0.25, 0.3) is 0 Å². The minimum Gasteiger partial charge on any atom is -0.437 e. The zero-order chi connectivity index (χ0) is 13.1. The van der Waals surface area contributed by atoms with E-state index in [-0.39, 0.29) is 0 Å². The van der Waals surface area contributed by atoms with Gasteiger partial charge in [0.2, 0.25) is 5.88 Å². The van der Waals surface area contributed by atoms with Gasteiger partial charge in [0.15, 0.2) is 5.75 Å². The first kappa shape index (κ1) is 12.2. The molecule has 4 heteroatoms. The van der Waals surface area contributed by atoms with Crippen molar-refractivity contribution >= 4 is 11.4 Å². The standard InChI is InChI=1S/C14H17N3O/c1-10-5-4-8-16-14(10)18-13-9-11(17(2)3)6-7-12(13)15/h4-9H,15H2,1-3H3. The molecular formula is C14H17N3O. The number of nitrogens with zero attached hydrogens (tertiary/aromatic N) is 2. The summed E-state index contributed by atoms with van der Waals surface area (Å²) in [6.45, 7) is 1.95. The first-order chi connectivity index (χ1) is 8.58. The molecule has 0 aliphatic heterocycles. The van der Waals surface area contributed by atoms with Gasteiger partial charge in [-0.1, -0.05) is 6.07 Å². The molecule has 0 atom stereocenters. The topological polar surface area (TPSA) is 51.4 Å². The predicted molar refractivity (Wildman–Crippen MR) is 74.2 cm³/mol. The van der Waals surface area contributed by atoms with Crippen LogP contribution in [0.3, 0.4) is 0 Å². The van der Waals surface area contributed by atoms with Crippen molar-refractivity contribution in [3.05, 3.63) is 42.1 Å². The van der Waals surface area contributed by atoms with Gasteiger partial charge in [-0.05, 0) is 25.1 Å². The lowest BCUT2D eigenvalue weighted by Crippen LogP contribution is -2.09. The lowest BCUT2D eigenvalue weighted by atomic mass is 10.2. The zero-order valence-corrected chi connectivity index (χ0v) is 10.8. The largest absolute Gasteiger partial charge is 0.437 e. The van der Waals surface area contributed by atoms with Gasteiger partial charge in [0.05, 0.1) is 5.69 Å². The summed E-state index contributed by atoms with van der Waals surface area (Å²) in [5, 5.41) is 0. The van der Waals surface area contributed by atoms with Gasteiger partial charge in [-0.25, -0.2) is 4.98 Å². The van der Waals surface area contributed by atoms with E-state index in [0.29, 0.717) is 17.3 Å². The number of nitrogens with two attached hydrogens (primary N) is 1. The maximum Gasteiger partial charge on any atom is 0.222 e. The van der Waals surface area contributed by atoms with E-state index >= 15 is 0 Å². The van der Waals surface area contributed by atoms with Gasteiger partial charge in [0.1, 0.15) is 0 Å². The van der Waals surface area contributed by atoms with Crippen LogP contribution < -0.4 is 15.4 Å². The number of hydrogen-bond donors (Lipinski definition) is 1. The van der Waals surface area contributed by atoms with E-state index < -0.39 is 0 Å². The molecule has 18 heavy (non-hydrogen) atoms. The molecule has 0 saturated carbocycles. The highest BCUT2D eigenvalue weighted by Crippen LogP contribution is 2.31. The van der Waals surface area contributed by atoms with Crippen LogP contribution in [-0.4, -0.2) is 19.1 Å². The molecule has 2 aromatic rings. The Morgan fingerprint density at radius 3 is 2.67 bits per heavy atom. The number of nitrogen functional groups attached to an aromatic ring is 1. The number of aromatic nitrogens is 1. The molecule has 94 valence electrons. The minimum absolute atomic E-state index is 0.583. The number of hydrogen-bond acceptors (Lipinski definition) is 4. The lowest BCUT2D eigenvalue weighted by Gasteiger charge is -2.15. The Morgan fingerprint density at radius 2 is 2.00 bits per heavy atom. The van der Waals surface area contributed by atoms with Gasteiger partial charge >= 0.3 is 0 Å². The van der Waals surface area contributed by atoms with E-state index in [9.17, 15) is 0 Å². The highest BCUT2D eigenvalue weighted by atomic mass is 16.5. The summed E-state index contributed by atoms with van der Waals surface area (Å²) in [6.07, 6.45) is 1.70. The van der Waals surface area contributed by atoms with E-state index in [0.717, 1.165) is 11.3 Å². The molecule has 2 rings (SSSR count). The Bertz CT molecular complexity index is 552. The maximum absolute atomic E-state index is 5.92. The molecule has 2 N–H and O–H groups in total. The quantitative estimate of drug-likeness (QED) is 0.842. The van der Waals surface area contributed by atoms with E-state index in [4.69, 9.17) is 10.5 Å². The molecule has 0 fully saturated rings. The fourth-order valence-corrected chi connectivity index (χ4v) is 1.57. The van der Waals surface area contributed by atoms with Gasteiger partial charge in [-0.15, -0.1) is 0 Å². The van der Waals surface area contributed by atoms with Crippen LogP contribution in [-0.2, 0) is 0 Å². The molecule has 1 heterocycles. The smallest absolute Gasteiger partial charge is 0.222 e. The Kier molecular flexibility index (Phi) is 3.37. The molecule has 0 aliphatic carbocycles. The summed E-state index contributed by atoms with van der Waals surface area (Å²) in [5.74, 6) is 1.21. The van der Waals surface area contributed by atoms with Crippen molar-refractivity contribution in [1.82, 2.24) is 4.98 Å². The summed E-state index contributed by atoms with van der Waals surface area (Å²) < 4.78 is 5.77. The average molecular weight is 243 g/mol. The average Bonchev–Trinajstić information content (AvgIpc) is 2.34. The lowest BCUT2D eigenvalue weighted by molar-refractivity contribution is 0.461. The van der Waals surface area contributed by atoms with Crippen molar-refractivity contribution in [3.63, 3.8) is 0 Å². The number of anilines is 2. The SMILES string of the molecule is Cc1cccnc1Oc1cc(N(C)C)ccc1N. The molecule has 0 radical (unpaired) electrons. The first-order valence-corrected chi connectivity index (χ1v) is 5.74. The van der Waals surface area contributed by atoms with E-state index in [1.807, 2.05) is 56.3 Å². The molecule has 0 saturated heterocycles. The van der Waals surface area contributed by atoms with Crippen LogP contribution in [0.5, 0.6) is 11.6 Å². The summed E-state index contributed by atoms with van der Waals surface area (Å²) in [6, 6.07) is 9.52. The summed E-state index contributed by atoms with van der Waals surface area (Å²) in [7, 11) is 3.95. The van der Waals surface area contributed by atoms with Crippen molar-refractivity contribution in [2.75, 3.05) is 24.7 Å². The van der Waals surface area contributed by atoms with Crippen LogP contribution in [0, 0.1) is 6.92 Å². The number of pyridine rings is 1. The van der Waals surface area contributed by atoms with Crippen molar-refractivity contribution in [2.24, 2.45) is 0 Å². The van der Waals surface area contributed by atoms with Crippen LogP contribution in [0.1, 0.15) is 5.56 Å². The van der Waals surface area contributed by atoms with Crippen LogP contribution >= 0.6 is 0 Å². The van der Waals surface area contributed by atoms with Gasteiger partial charge < -0.3 is 15.4 Å². The summed E-state index contributed by atoms with van der Waals surface area (Å²) >= 11 is 0. The van der Waals surface area contributed by atoms with Crippen LogP contribution in [0.2, 0.25) is 0 Å². The second-order valence-electron chi connectivity index (χ2n) is 4.34. The maximum atomic E-state index is 5.92. The number of rotatable bonds is 3. The van der Waals surface area contributed by atoms with Crippen LogP contribution in [0.25, 0.3) is 0 Å². The Morgan fingerprint density at radius 1 is 1.22 bits per heavy atom. The second kappa shape index (κ2) is 4.96. The van der Waals surface area contributed by atoms with E-state index in [1.54, 1.807) is 6.20 Å². The van der Waals surface area contributed by atoms with E-state index in [1.165, 1.54) is 0 Å². The fourth-order valence-electron chi connectivity index (χ4n) is 1.57. The normalized spacial score (nSPS) is 10.2. The van der Waals surface area contributed by atoms with Crippen molar-refractivity contribution in [2.45, 2.75) is 6.92 Å². The number of aryl methyl sites for hydroxylation is 1. The third-order valence-corrected chi connectivity index (χ3v) is 2.68. The Hall–Kier alpha value is -2.23. The minimum atomic E-state index is 0.583. The predicted octanol–water partition coefficient (Wildman–Crippen LogP) is 2.83. The molecule has 4 nitrogen and oxygen atoms in total. The third kappa shape index (κ3) is 2.53. The molecule has 0 bridgehead atoms. The van der Waals surface area contributed by atoms with Crippen molar-refractivity contribution in [3.8, 4) is 11.6 Å². The highest BCUT2D eigenvalue weighted by molar-refractivity contribution is 5.62. The Labute approximate surface area is 107 Å². The number of ether oxygens (including phenoxy) is 1. The fraction of sp³-hybridized carbons (Fsp3) is 0.214. The Balaban J connectivity index is 2.34. The molecule has 0 aliphatic rings. The van der Waals surface area contributed by atoms with E-state index in [2.05, 4.69) is 4.98 Å².